The summed E-state index contributed by atoms with van der Waals surface area (Å²) in [5, 5.41) is 11.9. The van der Waals surface area contributed by atoms with Crippen LogP contribution in [0, 0.1) is 5.82 Å². The van der Waals surface area contributed by atoms with Crippen LogP contribution in [0.1, 0.15) is 29.3 Å². The van der Waals surface area contributed by atoms with Crippen LogP contribution in [0.4, 0.5) is 15.8 Å². The minimum atomic E-state index is -0.793. The maximum absolute atomic E-state index is 13.7. The molecule has 1 atom stereocenters. The highest BCUT2D eigenvalue weighted by Gasteiger charge is 2.45. The van der Waals surface area contributed by atoms with Crippen LogP contribution in [0.3, 0.4) is 0 Å². The van der Waals surface area contributed by atoms with Gasteiger partial charge in [0.1, 0.15) is 0 Å². The lowest BCUT2D eigenvalue weighted by atomic mass is 9.81. The van der Waals surface area contributed by atoms with Gasteiger partial charge in [0, 0.05) is 31.2 Å². The van der Waals surface area contributed by atoms with Gasteiger partial charge >= 0.3 is 0 Å². The monoisotopic (exact) mass is 343 g/mol. The number of aliphatic hydroxyl groups excluding tert-OH is 1. The highest BCUT2D eigenvalue weighted by molar-refractivity contribution is 6.09. The fourth-order valence-electron chi connectivity index (χ4n) is 3.17. The lowest BCUT2D eigenvalue weighted by Gasteiger charge is -2.21. The van der Waals surface area contributed by atoms with Crippen LogP contribution in [-0.2, 0) is 10.2 Å². The summed E-state index contributed by atoms with van der Waals surface area (Å²) >= 11 is 0. The lowest BCUT2D eigenvalue weighted by molar-refractivity contribution is -0.122. The third-order valence-corrected chi connectivity index (χ3v) is 4.62. The molecule has 0 spiro atoms. The Kier molecular flexibility index (Phi) is 4.26. The number of pyridine rings is 1. The van der Waals surface area contributed by atoms with E-state index in [0.29, 0.717) is 17.8 Å². The lowest BCUT2D eigenvalue weighted by Crippen LogP contribution is -2.36. The number of fused-ring (bicyclic) bond motifs is 1. The number of rotatable bonds is 4. The molecule has 1 aromatic carbocycles. The average molecular weight is 343 g/mol. The topological polar surface area (TPSA) is 82.5 Å². The van der Waals surface area contributed by atoms with Gasteiger partial charge in [0.25, 0.3) is 5.91 Å². The number of hydrogen-bond acceptors (Lipinski definition) is 4. The molecule has 2 N–H and O–H groups in total. The van der Waals surface area contributed by atoms with E-state index < -0.39 is 17.1 Å². The molecule has 1 aliphatic rings. The van der Waals surface area contributed by atoms with Crippen LogP contribution in [0.25, 0.3) is 0 Å². The summed E-state index contributed by atoms with van der Waals surface area (Å²) in [7, 11) is 1.65. The van der Waals surface area contributed by atoms with Crippen molar-refractivity contribution in [2.45, 2.75) is 18.8 Å². The molecule has 0 radical (unpaired) electrons. The SMILES string of the molecule is CN1C(=O)C(C)(CCO)c2ccc(NC(=O)c3ccncc3F)cc21. The molecule has 0 aliphatic carbocycles. The molecule has 0 saturated carbocycles. The first-order valence-electron chi connectivity index (χ1n) is 7.83. The van der Waals surface area contributed by atoms with Crippen molar-refractivity contribution in [3.05, 3.63) is 53.6 Å². The maximum atomic E-state index is 13.7. The van der Waals surface area contributed by atoms with Crippen molar-refractivity contribution in [3.63, 3.8) is 0 Å². The van der Waals surface area contributed by atoms with Gasteiger partial charge in [-0.15, -0.1) is 0 Å². The van der Waals surface area contributed by atoms with E-state index in [1.165, 1.54) is 17.2 Å². The van der Waals surface area contributed by atoms with Crippen molar-refractivity contribution in [1.29, 1.82) is 0 Å². The van der Waals surface area contributed by atoms with E-state index in [1.54, 1.807) is 32.2 Å². The maximum Gasteiger partial charge on any atom is 0.258 e. The Morgan fingerprint density at radius 2 is 2.16 bits per heavy atom. The van der Waals surface area contributed by atoms with E-state index >= 15 is 0 Å². The molecule has 1 unspecified atom stereocenters. The van der Waals surface area contributed by atoms with Gasteiger partial charge in [-0.05, 0) is 37.1 Å². The van der Waals surface area contributed by atoms with Gasteiger partial charge in [-0.25, -0.2) is 4.39 Å². The smallest absolute Gasteiger partial charge is 0.258 e. The zero-order valence-electron chi connectivity index (χ0n) is 13.9. The number of halogens is 1. The van der Waals surface area contributed by atoms with E-state index in [2.05, 4.69) is 10.3 Å². The molecule has 6 nitrogen and oxygen atoms in total. The van der Waals surface area contributed by atoms with Crippen molar-refractivity contribution >= 4 is 23.2 Å². The zero-order chi connectivity index (χ0) is 18.2. The molecule has 1 aromatic heterocycles. The summed E-state index contributed by atoms with van der Waals surface area (Å²) in [5.74, 6) is -1.41. The Morgan fingerprint density at radius 1 is 1.40 bits per heavy atom. The van der Waals surface area contributed by atoms with E-state index in [-0.39, 0.29) is 18.1 Å². The first-order valence-corrected chi connectivity index (χ1v) is 7.83. The highest BCUT2D eigenvalue weighted by atomic mass is 19.1. The third-order valence-electron chi connectivity index (χ3n) is 4.62. The summed E-state index contributed by atoms with van der Waals surface area (Å²) in [6.07, 6.45) is 2.63. The Labute approximate surface area is 144 Å². The molecule has 0 fully saturated rings. The van der Waals surface area contributed by atoms with Crippen molar-refractivity contribution < 1.29 is 19.1 Å². The number of carbonyl (C=O) groups excluding carboxylic acids is 2. The Balaban J connectivity index is 1.91. The Morgan fingerprint density at radius 3 is 2.84 bits per heavy atom. The normalized spacial score (nSPS) is 19.0. The fourth-order valence-corrected chi connectivity index (χ4v) is 3.17. The molecular weight excluding hydrogens is 325 g/mol. The van der Waals surface area contributed by atoms with Crippen LogP contribution >= 0.6 is 0 Å². The average Bonchev–Trinajstić information content (AvgIpc) is 2.77. The molecule has 2 amide bonds. The summed E-state index contributed by atoms with van der Waals surface area (Å²) in [6.45, 7) is 1.69. The third kappa shape index (κ3) is 2.76. The Hall–Kier alpha value is -2.80. The second-order valence-electron chi connectivity index (χ2n) is 6.21. The number of aliphatic hydroxyl groups is 1. The van der Waals surface area contributed by atoms with Gasteiger partial charge in [0.15, 0.2) is 5.82 Å². The van der Waals surface area contributed by atoms with Crippen molar-refractivity contribution in [2.24, 2.45) is 0 Å². The number of nitrogens with zero attached hydrogens (tertiary/aromatic N) is 2. The molecule has 2 aromatic rings. The fraction of sp³-hybridized carbons (Fsp3) is 0.278. The quantitative estimate of drug-likeness (QED) is 0.890. The zero-order valence-corrected chi connectivity index (χ0v) is 13.9. The van der Waals surface area contributed by atoms with Gasteiger partial charge < -0.3 is 15.3 Å². The molecule has 130 valence electrons. The van der Waals surface area contributed by atoms with Gasteiger partial charge in [0.05, 0.1) is 17.2 Å². The van der Waals surface area contributed by atoms with Crippen molar-refractivity contribution in [2.75, 3.05) is 23.9 Å². The predicted molar refractivity (Wildman–Crippen MR) is 91.1 cm³/mol. The minimum Gasteiger partial charge on any atom is -0.396 e. The summed E-state index contributed by atoms with van der Waals surface area (Å²) in [5.41, 5.74) is 1.01. The van der Waals surface area contributed by atoms with Crippen LogP contribution in [-0.4, -0.2) is 35.6 Å². The van der Waals surface area contributed by atoms with Crippen molar-refractivity contribution in [1.82, 2.24) is 4.98 Å². The summed E-state index contributed by atoms with van der Waals surface area (Å²) < 4.78 is 13.7. The molecule has 1 aliphatic heterocycles. The standard InChI is InChI=1S/C18H18FN3O3/c1-18(6-8-23)13-4-3-11(9-15(13)22(2)17(18)25)21-16(24)12-5-7-20-10-14(12)19/h3-5,7,9-10,23H,6,8H2,1-2H3,(H,21,24). The van der Waals surface area contributed by atoms with Gasteiger partial charge in [-0.3, -0.25) is 14.6 Å². The van der Waals surface area contributed by atoms with E-state index in [4.69, 9.17) is 0 Å². The van der Waals surface area contributed by atoms with Gasteiger partial charge in [-0.2, -0.15) is 0 Å². The first kappa shape index (κ1) is 17.0. The van der Waals surface area contributed by atoms with E-state index in [0.717, 1.165) is 11.8 Å². The molecule has 7 heteroatoms. The summed E-state index contributed by atoms with van der Waals surface area (Å²) in [6, 6.07) is 6.39. The minimum absolute atomic E-state index is 0.102. The number of carbonyl (C=O) groups is 2. The largest absolute Gasteiger partial charge is 0.396 e. The molecule has 0 saturated heterocycles. The summed E-state index contributed by atoms with van der Waals surface area (Å²) in [4.78, 5) is 29.9. The predicted octanol–water partition coefficient (Wildman–Crippen LogP) is 2.09. The van der Waals surface area contributed by atoms with Crippen LogP contribution in [0.15, 0.2) is 36.7 Å². The molecule has 25 heavy (non-hydrogen) atoms. The number of nitrogens with one attached hydrogen (secondary N) is 1. The highest BCUT2D eigenvalue weighted by Crippen LogP contribution is 2.44. The van der Waals surface area contributed by atoms with Gasteiger partial charge in [0.2, 0.25) is 5.91 Å². The van der Waals surface area contributed by atoms with Crippen LogP contribution < -0.4 is 10.2 Å². The molecular formula is C18H18FN3O3. The van der Waals surface area contributed by atoms with Crippen molar-refractivity contribution in [3.8, 4) is 0 Å². The number of likely N-dealkylation sites (N-methyl/N-ethyl adjacent to an activating group) is 1. The van der Waals surface area contributed by atoms with Crippen LogP contribution in [0.5, 0.6) is 0 Å². The van der Waals surface area contributed by atoms with E-state index in [1.807, 2.05) is 0 Å². The number of aromatic nitrogens is 1. The number of anilines is 2. The Bertz CT molecular complexity index is 855. The molecule has 2 heterocycles. The van der Waals surface area contributed by atoms with E-state index in [9.17, 15) is 19.1 Å². The number of hydrogen-bond donors (Lipinski definition) is 2. The van der Waals surface area contributed by atoms with Crippen LogP contribution in [0.2, 0.25) is 0 Å². The number of amides is 2. The molecule has 3 rings (SSSR count). The second-order valence-corrected chi connectivity index (χ2v) is 6.21. The first-order chi connectivity index (χ1) is 11.9. The van der Waals surface area contributed by atoms with Gasteiger partial charge in [-0.1, -0.05) is 6.07 Å². The second kappa shape index (κ2) is 6.25. The number of benzene rings is 1. The molecule has 0 bridgehead atoms.